The van der Waals surface area contributed by atoms with Crippen molar-refractivity contribution in [1.29, 1.82) is 0 Å². The van der Waals surface area contributed by atoms with Crippen molar-refractivity contribution in [2.45, 2.75) is 13.3 Å². The third-order valence-corrected chi connectivity index (χ3v) is 4.09. The molecule has 1 N–H and O–H groups in total. The van der Waals surface area contributed by atoms with Crippen LogP contribution in [-0.4, -0.2) is 31.1 Å². The van der Waals surface area contributed by atoms with E-state index in [2.05, 4.69) is 5.32 Å². The van der Waals surface area contributed by atoms with Crippen LogP contribution in [0.5, 0.6) is 11.5 Å². The second-order valence-corrected chi connectivity index (χ2v) is 6.08. The zero-order chi connectivity index (χ0) is 19.4. The van der Waals surface area contributed by atoms with Gasteiger partial charge in [0.05, 0.1) is 10.6 Å². The third kappa shape index (κ3) is 4.38. The normalized spacial score (nSPS) is 11.8. The van der Waals surface area contributed by atoms with Crippen molar-refractivity contribution in [2.75, 3.05) is 18.7 Å². The highest BCUT2D eigenvalue weighted by atomic mass is 35.5. The van der Waals surface area contributed by atoms with Gasteiger partial charge in [-0.2, -0.15) is 0 Å². The highest BCUT2D eigenvalue weighted by molar-refractivity contribution is 6.32. The van der Waals surface area contributed by atoms with Gasteiger partial charge in [-0.05, 0) is 36.4 Å². The van der Waals surface area contributed by atoms with Gasteiger partial charge in [-0.15, -0.1) is 0 Å². The Balaban J connectivity index is 1.59. The molecule has 0 saturated heterocycles. The van der Waals surface area contributed by atoms with E-state index < -0.39 is 12.6 Å². The number of hydrogen-bond acceptors (Lipinski definition) is 6. The molecule has 0 radical (unpaired) electrons. The number of halogens is 1. The minimum Gasteiger partial charge on any atom is -0.454 e. The van der Waals surface area contributed by atoms with E-state index in [9.17, 15) is 14.4 Å². The lowest BCUT2D eigenvalue weighted by Crippen LogP contribution is -2.14. The summed E-state index contributed by atoms with van der Waals surface area (Å²) in [6.45, 7) is 1.35. The molecule has 140 valence electrons. The quantitative estimate of drug-likeness (QED) is 0.601. The zero-order valence-corrected chi connectivity index (χ0v) is 15.2. The smallest absolute Gasteiger partial charge is 0.338 e. The second kappa shape index (κ2) is 8.09. The van der Waals surface area contributed by atoms with Crippen LogP contribution in [0.2, 0.25) is 5.02 Å². The summed E-state index contributed by atoms with van der Waals surface area (Å²) in [6, 6.07) is 9.18. The first-order chi connectivity index (χ1) is 13.0. The molecule has 0 saturated carbocycles. The molecule has 0 spiro atoms. The molecule has 1 amide bonds. The maximum absolute atomic E-state index is 12.2. The predicted molar refractivity (Wildman–Crippen MR) is 97.6 cm³/mol. The van der Waals surface area contributed by atoms with Gasteiger partial charge in [-0.25, -0.2) is 4.79 Å². The fourth-order valence-corrected chi connectivity index (χ4v) is 2.64. The fraction of sp³-hybridized carbons (Fsp3) is 0.211. The first-order valence-corrected chi connectivity index (χ1v) is 8.55. The summed E-state index contributed by atoms with van der Waals surface area (Å²) in [5, 5.41) is 2.91. The summed E-state index contributed by atoms with van der Waals surface area (Å²) in [7, 11) is 0. The highest BCUT2D eigenvalue weighted by Gasteiger charge is 2.22. The minimum atomic E-state index is -0.699. The van der Waals surface area contributed by atoms with Crippen molar-refractivity contribution in [1.82, 2.24) is 0 Å². The monoisotopic (exact) mass is 389 g/mol. The van der Waals surface area contributed by atoms with E-state index in [0.29, 0.717) is 29.2 Å². The predicted octanol–water partition coefficient (Wildman–Crippen LogP) is 3.46. The number of hydrogen-bond donors (Lipinski definition) is 1. The molecule has 0 aromatic heterocycles. The Labute approximate surface area is 160 Å². The second-order valence-electron chi connectivity index (χ2n) is 5.67. The van der Waals surface area contributed by atoms with Crippen LogP contribution >= 0.6 is 11.6 Å². The molecule has 1 heterocycles. The van der Waals surface area contributed by atoms with Gasteiger partial charge in [-0.1, -0.05) is 18.5 Å². The summed E-state index contributed by atoms with van der Waals surface area (Å²) < 4.78 is 15.4. The molecule has 3 rings (SSSR count). The number of ketones is 1. The largest absolute Gasteiger partial charge is 0.454 e. The van der Waals surface area contributed by atoms with Gasteiger partial charge < -0.3 is 19.5 Å². The molecule has 0 atom stereocenters. The van der Waals surface area contributed by atoms with Gasteiger partial charge in [-0.3, -0.25) is 9.59 Å². The van der Waals surface area contributed by atoms with Crippen molar-refractivity contribution in [3.8, 4) is 11.5 Å². The number of carbonyl (C=O) groups is 3. The summed E-state index contributed by atoms with van der Waals surface area (Å²) >= 11 is 6.03. The molecule has 8 heteroatoms. The number of rotatable bonds is 6. The van der Waals surface area contributed by atoms with Crippen LogP contribution in [0.25, 0.3) is 0 Å². The van der Waals surface area contributed by atoms with Crippen molar-refractivity contribution in [3.63, 3.8) is 0 Å². The lowest BCUT2D eigenvalue weighted by molar-refractivity contribution is -0.115. The van der Waals surface area contributed by atoms with Crippen LogP contribution < -0.4 is 14.8 Å². The number of fused-ring (bicyclic) bond motifs is 1. The van der Waals surface area contributed by atoms with E-state index in [4.69, 9.17) is 25.8 Å². The Bertz CT molecular complexity index is 894. The Morgan fingerprint density at radius 1 is 1.11 bits per heavy atom. The van der Waals surface area contributed by atoms with E-state index in [1.54, 1.807) is 31.2 Å². The van der Waals surface area contributed by atoms with Gasteiger partial charge in [0.2, 0.25) is 12.7 Å². The highest BCUT2D eigenvalue weighted by Crippen LogP contribution is 2.39. The molecule has 1 aliphatic rings. The fourth-order valence-electron chi connectivity index (χ4n) is 2.37. The average molecular weight is 390 g/mol. The van der Waals surface area contributed by atoms with E-state index in [1.165, 1.54) is 12.1 Å². The summed E-state index contributed by atoms with van der Waals surface area (Å²) in [6.07, 6.45) is 0.362. The van der Waals surface area contributed by atoms with E-state index >= 15 is 0 Å². The molecule has 0 aliphatic carbocycles. The molecule has 1 aliphatic heterocycles. The van der Waals surface area contributed by atoms with Gasteiger partial charge in [0, 0.05) is 17.7 Å². The number of anilines is 1. The summed E-state index contributed by atoms with van der Waals surface area (Å²) in [4.78, 5) is 35.7. The molecule has 0 bridgehead atoms. The van der Waals surface area contributed by atoms with Crippen LogP contribution in [-0.2, 0) is 9.53 Å². The Kier molecular flexibility index (Phi) is 5.61. The lowest BCUT2D eigenvalue weighted by atomic mass is 10.1. The molecule has 27 heavy (non-hydrogen) atoms. The molecular weight excluding hydrogens is 374 g/mol. The number of amides is 1. The van der Waals surface area contributed by atoms with Crippen molar-refractivity contribution >= 4 is 34.9 Å². The summed E-state index contributed by atoms with van der Waals surface area (Å²) in [5.41, 5.74) is 1.11. The van der Waals surface area contributed by atoms with Crippen LogP contribution in [0.4, 0.5) is 5.69 Å². The van der Waals surface area contributed by atoms with Gasteiger partial charge in [0.15, 0.2) is 23.9 Å². The number of carbonyl (C=O) groups excluding carboxylic acids is 3. The van der Waals surface area contributed by atoms with E-state index in [1.807, 2.05) is 0 Å². The molecule has 2 aromatic carbocycles. The van der Waals surface area contributed by atoms with Gasteiger partial charge in [0.1, 0.15) is 0 Å². The van der Waals surface area contributed by atoms with Crippen LogP contribution in [0, 0.1) is 0 Å². The van der Waals surface area contributed by atoms with E-state index in [-0.39, 0.29) is 29.1 Å². The van der Waals surface area contributed by atoms with Crippen LogP contribution in [0.3, 0.4) is 0 Å². The molecular formula is C19H16ClNO6. The molecule has 0 unspecified atom stereocenters. The van der Waals surface area contributed by atoms with Crippen LogP contribution in [0.1, 0.15) is 34.1 Å². The number of esters is 1. The van der Waals surface area contributed by atoms with Gasteiger partial charge >= 0.3 is 5.97 Å². The van der Waals surface area contributed by atoms with Crippen molar-refractivity contribution in [3.05, 3.63) is 52.5 Å². The third-order valence-electron chi connectivity index (χ3n) is 3.81. The number of ether oxygens (including phenoxy) is 3. The lowest BCUT2D eigenvalue weighted by Gasteiger charge is -2.07. The number of benzene rings is 2. The summed E-state index contributed by atoms with van der Waals surface area (Å²) in [5.74, 6) is -0.464. The van der Waals surface area contributed by atoms with Crippen LogP contribution in [0.15, 0.2) is 36.4 Å². The zero-order valence-electron chi connectivity index (χ0n) is 14.4. The number of Topliss-reactive ketones (excluding diaryl/α,β-unsaturated/α-hetero) is 1. The van der Waals surface area contributed by atoms with Crippen molar-refractivity contribution < 1.29 is 28.6 Å². The average Bonchev–Trinajstić information content (AvgIpc) is 3.15. The minimum absolute atomic E-state index is 0.0285. The standard InChI is InChI=1S/C19H16ClNO6/c1-2-17(23)21-13-5-3-11(4-6-13)15(22)9-25-19(24)12-7-14(20)18-16(8-12)26-10-27-18/h3-8H,2,9-10H2,1H3,(H,21,23). The molecule has 2 aromatic rings. The Hall–Kier alpha value is -3.06. The van der Waals surface area contributed by atoms with Crippen molar-refractivity contribution in [2.24, 2.45) is 0 Å². The number of nitrogens with one attached hydrogen (secondary N) is 1. The maximum Gasteiger partial charge on any atom is 0.338 e. The maximum atomic E-state index is 12.2. The Morgan fingerprint density at radius 3 is 2.56 bits per heavy atom. The molecule has 0 fully saturated rings. The topological polar surface area (TPSA) is 90.9 Å². The Morgan fingerprint density at radius 2 is 1.85 bits per heavy atom. The molecule has 7 nitrogen and oxygen atoms in total. The van der Waals surface area contributed by atoms with E-state index in [0.717, 1.165) is 0 Å². The van der Waals surface area contributed by atoms with Gasteiger partial charge in [0.25, 0.3) is 0 Å². The first-order valence-electron chi connectivity index (χ1n) is 8.17. The first kappa shape index (κ1) is 18.7. The SMILES string of the molecule is CCC(=O)Nc1ccc(C(=O)COC(=O)c2cc(Cl)c3c(c2)OCO3)cc1.